The summed E-state index contributed by atoms with van der Waals surface area (Å²) in [7, 11) is 1.26. The molecule has 0 unspecified atom stereocenters. The maximum atomic E-state index is 11.5. The first-order valence-corrected chi connectivity index (χ1v) is 5.50. The van der Waals surface area contributed by atoms with Crippen molar-refractivity contribution in [1.29, 1.82) is 0 Å². The van der Waals surface area contributed by atoms with Crippen molar-refractivity contribution in [2.24, 2.45) is 0 Å². The molecule has 0 fully saturated rings. The van der Waals surface area contributed by atoms with E-state index in [-0.39, 0.29) is 12.3 Å². The van der Waals surface area contributed by atoms with E-state index in [2.05, 4.69) is 10.1 Å². The second kappa shape index (κ2) is 6.03. The van der Waals surface area contributed by atoms with E-state index in [0.29, 0.717) is 5.92 Å². The van der Waals surface area contributed by atoms with Gasteiger partial charge < -0.3 is 10.1 Å². The van der Waals surface area contributed by atoms with Crippen molar-refractivity contribution in [3.05, 3.63) is 29.8 Å². The highest BCUT2D eigenvalue weighted by molar-refractivity contribution is 6.02. The maximum Gasteiger partial charge on any atom is 0.315 e. The number of anilines is 1. The van der Waals surface area contributed by atoms with Crippen LogP contribution in [0.15, 0.2) is 24.3 Å². The number of hydrogen-bond acceptors (Lipinski definition) is 3. The highest BCUT2D eigenvalue weighted by Crippen LogP contribution is 2.23. The smallest absolute Gasteiger partial charge is 0.315 e. The van der Waals surface area contributed by atoms with E-state index in [1.54, 1.807) is 0 Å². The van der Waals surface area contributed by atoms with Crippen LogP contribution in [0.3, 0.4) is 0 Å². The van der Waals surface area contributed by atoms with Crippen LogP contribution >= 0.6 is 0 Å². The van der Waals surface area contributed by atoms with Crippen molar-refractivity contribution < 1.29 is 14.3 Å². The first kappa shape index (κ1) is 13.2. The zero-order valence-corrected chi connectivity index (χ0v) is 10.3. The number of carbonyl (C=O) groups is 2. The van der Waals surface area contributed by atoms with Gasteiger partial charge in [-0.2, -0.15) is 0 Å². The average molecular weight is 235 g/mol. The standard InChI is InChI=1S/C13H17NO3/c1-9(2)10-6-4-5-7-11(10)14-12(15)8-13(16)17-3/h4-7,9H,8H2,1-3H3,(H,14,15). The van der Waals surface area contributed by atoms with Gasteiger partial charge in [0.1, 0.15) is 6.42 Å². The Kier molecular flexibility index (Phi) is 4.69. The van der Waals surface area contributed by atoms with Crippen LogP contribution in [0.25, 0.3) is 0 Å². The van der Waals surface area contributed by atoms with Crippen molar-refractivity contribution in [3.63, 3.8) is 0 Å². The van der Waals surface area contributed by atoms with Crippen molar-refractivity contribution in [2.75, 3.05) is 12.4 Å². The molecule has 0 atom stereocenters. The van der Waals surface area contributed by atoms with E-state index in [4.69, 9.17) is 0 Å². The first-order chi connectivity index (χ1) is 8.04. The van der Waals surface area contributed by atoms with Gasteiger partial charge in [-0.15, -0.1) is 0 Å². The molecule has 0 radical (unpaired) electrons. The van der Waals surface area contributed by atoms with Crippen LogP contribution in [0.2, 0.25) is 0 Å². The van der Waals surface area contributed by atoms with E-state index in [1.165, 1.54) is 7.11 Å². The second-order valence-corrected chi connectivity index (χ2v) is 4.04. The molecule has 4 nitrogen and oxygen atoms in total. The molecule has 4 heteroatoms. The van der Waals surface area contributed by atoms with Gasteiger partial charge in [-0.3, -0.25) is 9.59 Å². The van der Waals surface area contributed by atoms with Gasteiger partial charge in [0.2, 0.25) is 5.91 Å². The van der Waals surface area contributed by atoms with Crippen LogP contribution in [0.4, 0.5) is 5.69 Å². The molecule has 0 aliphatic heterocycles. The molecule has 17 heavy (non-hydrogen) atoms. The van der Waals surface area contributed by atoms with E-state index >= 15 is 0 Å². The van der Waals surface area contributed by atoms with Crippen LogP contribution in [-0.4, -0.2) is 19.0 Å². The monoisotopic (exact) mass is 235 g/mol. The molecule has 1 aromatic rings. The predicted molar refractivity (Wildman–Crippen MR) is 65.8 cm³/mol. The number of benzene rings is 1. The maximum absolute atomic E-state index is 11.5. The fourth-order valence-electron chi connectivity index (χ4n) is 1.51. The average Bonchev–Trinajstić information content (AvgIpc) is 2.29. The molecule has 0 heterocycles. The molecule has 1 rings (SSSR count). The highest BCUT2D eigenvalue weighted by Gasteiger charge is 2.12. The number of ether oxygens (including phenoxy) is 1. The van der Waals surface area contributed by atoms with E-state index < -0.39 is 5.97 Å². The van der Waals surface area contributed by atoms with Crippen LogP contribution in [0, 0.1) is 0 Å². The number of nitrogens with one attached hydrogen (secondary N) is 1. The number of rotatable bonds is 4. The summed E-state index contributed by atoms with van der Waals surface area (Å²) in [6, 6.07) is 7.55. The number of carbonyl (C=O) groups excluding carboxylic acids is 2. The van der Waals surface area contributed by atoms with Gasteiger partial charge in [0.15, 0.2) is 0 Å². The molecule has 1 amide bonds. The lowest BCUT2D eigenvalue weighted by Crippen LogP contribution is -2.18. The van der Waals surface area contributed by atoms with Crippen LogP contribution in [-0.2, 0) is 14.3 Å². The Bertz CT molecular complexity index is 413. The Balaban J connectivity index is 2.74. The summed E-state index contributed by atoms with van der Waals surface area (Å²) in [5.41, 5.74) is 1.79. The molecular weight excluding hydrogens is 218 g/mol. The molecule has 1 aromatic carbocycles. The van der Waals surface area contributed by atoms with Gasteiger partial charge in [-0.1, -0.05) is 32.0 Å². The minimum Gasteiger partial charge on any atom is -0.469 e. The summed E-state index contributed by atoms with van der Waals surface area (Å²) >= 11 is 0. The number of hydrogen-bond donors (Lipinski definition) is 1. The van der Waals surface area contributed by atoms with Crippen LogP contribution < -0.4 is 5.32 Å². The third-order valence-corrected chi connectivity index (χ3v) is 2.39. The molecule has 0 aliphatic rings. The Labute approximate surface area is 101 Å². The molecule has 0 aromatic heterocycles. The Morgan fingerprint density at radius 1 is 1.29 bits per heavy atom. The molecular formula is C13H17NO3. The van der Waals surface area contributed by atoms with Crippen molar-refractivity contribution in [3.8, 4) is 0 Å². The summed E-state index contributed by atoms with van der Waals surface area (Å²) in [5.74, 6) is -0.584. The first-order valence-electron chi connectivity index (χ1n) is 5.50. The zero-order valence-electron chi connectivity index (χ0n) is 10.3. The van der Waals surface area contributed by atoms with Crippen molar-refractivity contribution >= 4 is 17.6 Å². The second-order valence-electron chi connectivity index (χ2n) is 4.04. The van der Waals surface area contributed by atoms with Gasteiger partial charge in [-0.25, -0.2) is 0 Å². The van der Waals surface area contributed by atoms with Crippen molar-refractivity contribution in [2.45, 2.75) is 26.2 Å². The lowest BCUT2D eigenvalue weighted by atomic mass is 10.0. The van der Waals surface area contributed by atoms with E-state index in [0.717, 1.165) is 11.3 Å². The summed E-state index contributed by atoms with van der Waals surface area (Å²) in [6.07, 6.45) is -0.261. The van der Waals surface area contributed by atoms with Crippen LogP contribution in [0.1, 0.15) is 31.7 Å². The lowest BCUT2D eigenvalue weighted by molar-refractivity contribution is -0.142. The molecule has 0 spiro atoms. The van der Waals surface area contributed by atoms with Gasteiger partial charge in [0, 0.05) is 5.69 Å². The number of amides is 1. The predicted octanol–water partition coefficient (Wildman–Crippen LogP) is 2.31. The molecule has 0 bridgehead atoms. The quantitative estimate of drug-likeness (QED) is 0.643. The number of para-hydroxylation sites is 1. The Hall–Kier alpha value is -1.84. The molecule has 92 valence electrons. The topological polar surface area (TPSA) is 55.4 Å². The summed E-state index contributed by atoms with van der Waals surface area (Å²) in [4.78, 5) is 22.5. The van der Waals surface area contributed by atoms with Gasteiger partial charge in [0.25, 0.3) is 0 Å². The molecule has 0 aliphatic carbocycles. The summed E-state index contributed by atoms with van der Waals surface area (Å²) in [6.45, 7) is 4.09. The lowest BCUT2D eigenvalue weighted by Gasteiger charge is -2.13. The fraction of sp³-hybridized carbons (Fsp3) is 0.385. The van der Waals surface area contributed by atoms with Crippen LogP contribution in [0.5, 0.6) is 0 Å². The largest absolute Gasteiger partial charge is 0.469 e. The van der Waals surface area contributed by atoms with E-state index in [1.807, 2.05) is 38.1 Å². The molecule has 0 saturated carbocycles. The van der Waals surface area contributed by atoms with Crippen molar-refractivity contribution in [1.82, 2.24) is 0 Å². The summed E-state index contributed by atoms with van der Waals surface area (Å²) in [5, 5.41) is 2.72. The molecule has 0 saturated heterocycles. The summed E-state index contributed by atoms with van der Waals surface area (Å²) < 4.78 is 4.44. The normalized spacial score (nSPS) is 10.1. The Morgan fingerprint density at radius 3 is 2.53 bits per heavy atom. The zero-order chi connectivity index (χ0) is 12.8. The number of esters is 1. The molecule has 1 N–H and O–H groups in total. The third-order valence-electron chi connectivity index (χ3n) is 2.39. The third kappa shape index (κ3) is 3.90. The minimum atomic E-state index is -0.537. The van der Waals surface area contributed by atoms with E-state index in [9.17, 15) is 9.59 Å². The SMILES string of the molecule is COC(=O)CC(=O)Nc1ccccc1C(C)C. The number of methoxy groups -OCH3 is 1. The Morgan fingerprint density at radius 2 is 1.94 bits per heavy atom. The highest BCUT2D eigenvalue weighted by atomic mass is 16.5. The fourth-order valence-corrected chi connectivity index (χ4v) is 1.51. The van der Waals surface area contributed by atoms with Gasteiger partial charge in [0.05, 0.1) is 7.11 Å². The van der Waals surface area contributed by atoms with Gasteiger partial charge in [-0.05, 0) is 17.5 Å². The minimum absolute atomic E-state index is 0.261. The van der Waals surface area contributed by atoms with Gasteiger partial charge >= 0.3 is 5.97 Å².